The van der Waals surface area contributed by atoms with Gasteiger partial charge in [0.1, 0.15) is 5.82 Å². The zero-order chi connectivity index (χ0) is 26.6. The molecule has 0 fully saturated rings. The standard InChI is InChI=1S/C31H28FN3O2S/c1-3-29(38-22-11-9-10-20(18-22)33-30(36)24-13-5-7-14-26(24)32)31(37)34-21-16-17-28-25(19-21)23-12-6-8-15-27(23)35(28)4-2/h5-19,29H,3-4H2,1-2H3,(H,33,36)(H,34,37). The number of carbonyl (C=O) groups excluding carboxylic acids is 2. The van der Waals surface area contributed by atoms with E-state index in [0.29, 0.717) is 12.1 Å². The lowest BCUT2D eigenvalue weighted by Gasteiger charge is -2.16. The van der Waals surface area contributed by atoms with E-state index in [2.05, 4.69) is 40.3 Å². The molecule has 1 heterocycles. The molecule has 7 heteroatoms. The molecule has 5 aromatic rings. The van der Waals surface area contributed by atoms with Crippen LogP contribution in [0, 0.1) is 5.82 Å². The number of carbonyl (C=O) groups is 2. The van der Waals surface area contributed by atoms with Crippen molar-refractivity contribution in [2.75, 3.05) is 10.6 Å². The smallest absolute Gasteiger partial charge is 0.258 e. The molecule has 5 rings (SSSR count). The van der Waals surface area contributed by atoms with Gasteiger partial charge in [-0.15, -0.1) is 11.8 Å². The largest absolute Gasteiger partial charge is 0.341 e. The van der Waals surface area contributed by atoms with Crippen LogP contribution in [0.3, 0.4) is 0 Å². The van der Waals surface area contributed by atoms with Gasteiger partial charge < -0.3 is 15.2 Å². The van der Waals surface area contributed by atoms with Crippen molar-refractivity contribution in [3.8, 4) is 0 Å². The van der Waals surface area contributed by atoms with Gasteiger partial charge in [0.2, 0.25) is 5.91 Å². The van der Waals surface area contributed by atoms with Crippen molar-refractivity contribution in [3.63, 3.8) is 0 Å². The normalized spacial score (nSPS) is 12.0. The van der Waals surface area contributed by atoms with Crippen LogP contribution in [0.25, 0.3) is 21.8 Å². The summed E-state index contributed by atoms with van der Waals surface area (Å²) in [5.74, 6) is -1.18. The predicted molar refractivity (Wildman–Crippen MR) is 154 cm³/mol. The van der Waals surface area contributed by atoms with Crippen LogP contribution >= 0.6 is 11.8 Å². The van der Waals surface area contributed by atoms with E-state index >= 15 is 0 Å². The van der Waals surface area contributed by atoms with E-state index in [4.69, 9.17) is 0 Å². The summed E-state index contributed by atoms with van der Waals surface area (Å²) in [5.41, 5.74) is 3.60. The van der Waals surface area contributed by atoms with Gasteiger partial charge in [0, 0.05) is 44.6 Å². The molecule has 0 radical (unpaired) electrons. The molecule has 0 spiro atoms. The summed E-state index contributed by atoms with van der Waals surface area (Å²) in [5, 5.41) is 7.78. The second-order valence-corrected chi connectivity index (χ2v) is 10.2. The van der Waals surface area contributed by atoms with Gasteiger partial charge in [-0.2, -0.15) is 0 Å². The lowest BCUT2D eigenvalue weighted by Crippen LogP contribution is -2.24. The Morgan fingerprint density at radius 3 is 2.34 bits per heavy atom. The Morgan fingerprint density at radius 2 is 1.55 bits per heavy atom. The minimum atomic E-state index is -0.573. The SMILES string of the molecule is CCC(Sc1cccc(NC(=O)c2ccccc2F)c1)C(=O)Nc1ccc2c(c1)c1ccccc1n2CC. The fraction of sp³-hybridized carbons (Fsp3) is 0.161. The minimum Gasteiger partial charge on any atom is -0.341 e. The molecule has 38 heavy (non-hydrogen) atoms. The monoisotopic (exact) mass is 525 g/mol. The topological polar surface area (TPSA) is 63.1 Å². The van der Waals surface area contributed by atoms with Crippen molar-refractivity contribution >= 4 is 56.8 Å². The van der Waals surface area contributed by atoms with E-state index in [1.807, 2.05) is 37.3 Å². The first kappa shape index (κ1) is 25.5. The van der Waals surface area contributed by atoms with Gasteiger partial charge >= 0.3 is 0 Å². The van der Waals surface area contributed by atoms with Crippen LogP contribution in [0.2, 0.25) is 0 Å². The van der Waals surface area contributed by atoms with E-state index in [9.17, 15) is 14.0 Å². The first-order chi connectivity index (χ1) is 18.5. The number of thioether (sulfide) groups is 1. The van der Waals surface area contributed by atoms with Crippen LogP contribution in [0.15, 0.2) is 95.9 Å². The Bertz CT molecular complexity index is 1650. The first-order valence-corrected chi connectivity index (χ1v) is 13.5. The Hall–Kier alpha value is -4.10. The number of hydrogen-bond acceptors (Lipinski definition) is 3. The molecule has 5 nitrogen and oxygen atoms in total. The van der Waals surface area contributed by atoms with E-state index < -0.39 is 11.7 Å². The Morgan fingerprint density at radius 1 is 0.816 bits per heavy atom. The highest BCUT2D eigenvalue weighted by Crippen LogP contribution is 2.32. The van der Waals surface area contributed by atoms with Crippen LogP contribution in [-0.2, 0) is 11.3 Å². The van der Waals surface area contributed by atoms with Gasteiger partial charge in [-0.3, -0.25) is 9.59 Å². The third-order valence-corrected chi connectivity index (χ3v) is 7.87. The van der Waals surface area contributed by atoms with Crippen LogP contribution < -0.4 is 10.6 Å². The number of benzene rings is 4. The fourth-order valence-corrected chi connectivity index (χ4v) is 5.69. The number of fused-ring (bicyclic) bond motifs is 3. The Kier molecular flexibility index (Phi) is 7.47. The maximum absolute atomic E-state index is 14.0. The molecular formula is C31H28FN3O2S. The number of nitrogens with one attached hydrogen (secondary N) is 2. The van der Waals surface area contributed by atoms with Gasteiger partial charge in [0.25, 0.3) is 5.91 Å². The molecule has 192 valence electrons. The molecule has 0 saturated carbocycles. The number of hydrogen-bond donors (Lipinski definition) is 2. The zero-order valence-corrected chi connectivity index (χ0v) is 22.0. The number of aryl methyl sites for hydroxylation is 1. The van der Waals surface area contributed by atoms with Crippen molar-refractivity contribution in [1.82, 2.24) is 4.57 Å². The summed E-state index contributed by atoms with van der Waals surface area (Å²) in [6.45, 7) is 4.97. The summed E-state index contributed by atoms with van der Waals surface area (Å²) in [6, 6.07) is 27.4. The summed E-state index contributed by atoms with van der Waals surface area (Å²) in [4.78, 5) is 26.6. The minimum absolute atomic E-state index is 0.0182. The number of amides is 2. The van der Waals surface area contributed by atoms with Crippen molar-refractivity contribution in [2.45, 2.75) is 37.0 Å². The lowest BCUT2D eigenvalue weighted by molar-refractivity contribution is -0.115. The van der Waals surface area contributed by atoms with Gasteiger partial charge in [0.05, 0.1) is 10.8 Å². The average molecular weight is 526 g/mol. The number of para-hydroxylation sites is 1. The number of anilines is 2. The van der Waals surface area contributed by atoms with E-state index in [-0.39, 0.29) is 16.7 Å². The molecule has 4 aromatic carbocycles. The maximum atomic E-state index is 14.0. The molecule has 2 amide bonds. The molecule has 0 saturated heterocycles. The van der Waals surface area contributed by atoms with Gasteiger partial charge in [-0.1, -0.05) is 43.3 Å². The number of rotatable bonds is 8. The quantitative estimate of drug-likeness (QED) is 0.204. The molecule has 1 unspecified atom stereocenters. The van der Waals surface area contributed by atoms with E-state index in [1.165, 1.54) is 29.4 Å². The third-order valence-electron chi connectivity index (χ3n) is 6.51. The molecule has 0 bridgehead atoms. The summed E-state index contributed by atoms with van der Waals surface area (Å²) in [7, 11) is 0. The third kappa shape index (κ3) is 5.15. The molecule has 0 aliphatic heterocycles. The van der Waals surface area contributed by atoms with Gasteiger partial charge in [-0.05, 0) is 67.9 Å². The average Bonchev–Trinajstić information content (AvgIpc) is 3.25. The molecule has 0 aliphatic rings. The zero-order valence-electron chi connectivity index (χ0n) is 21.2. The van der Waals surface area contributed by atoms with Crippen LogP contribution in [-0.4, -0.2) is 21.6 Å². The highest BCUT2D eigenvalue weighted by molar-refractivity contribution is 8.00. The van der Waals surface area contributed by atoms with Crippen LogP contribution in [0.5, 0.6) is 0 Å². The highest BCUT2D eigenvalue weighted by Gasteiger charge is 2.20. The van der Waals surface area contributed by atoms with E-state index in [1.54, 1.807) is 30.3 Å². The molecule has 1 atom stereocenters. The second-order valence-electron chi connectivity index (χ2n) is 8.96. The fourth-order valence-electron chi connectivity index (χ4n) is 4.67. The van der Waals surface area contributed by atoms with Gasteiger partial charge in [-0.25, -0.2) is 4.39 Å². The van der Waals surface area contributed by atoms with Crippen LogP contribution in [0.1, 0.15) is 30.6 Å². The Labute approximate surface area is 225 Å². The van der Waals surface area contributed by atoms with Gasteiger partial charge in [0.15, 0.2) is 0 Å². The summed E-state index contributed by atoms with van der Waals surface area (Å²) >= 11 is 1.43. The van der Waals surface area contributed by atoms with Crippen molar-refractivity contribution < 1.29 is 14.0 Å². The van der Waals surface area contributed by atoms with Crippen molar-refractivity contribution in [2.24, 2.45) is 0 Å². The highest BCUT2D eigenvalue weighted by atomic mass is 32.2. The molecule has 0 aliphatic carbocycles. The molecular weight excluding hydrogens is 497 g/mol. The maximum Gasteiger partial charge on any atom is 0.258 e. The van der Waals surface area contributed by atoms with Crippen molar-refractivity contribution in [1.29, 1.82) is 0 Å². The first-order valence-electron chi connectivity index (χ1n) is 12.6. The summed E-state index contributed by atoms with van der Waals surface area (Å²) < 4.78 is 16.3. The second kappa shape index (κ2) is 11.1. The van der Waals surface area contributed by atoms with E-state index in [0.717, 1.165) is 33.4 Å². The van der Waals surface area contributed by atoms with Crippen LogP contribution in [0.4, 0.5) is 15.8 Å². The number of nitrogens with zero attached hydrogens (tertiary/aromatic N) is 1. The predicted octanol–water partition coefficient (Wildman–Crippen LogP) is 7.72. The lowest BCUT2D eigenvalue weighted by atomic mass is 10.1. The summed E-state index contributed by atoms with van der Waals surface area (Å²) in [6.07, 6.45) is 0.625. The molecule has 1 aromatic heterocycles. The number of aromatic nitrogens is 1. The number of halogens is 1. The molecule has 2 N–H and O–H groups in total. The Balaban J connectivity index is 1.31. The van der Waals surface area contributed by atoms with Crippen molar-refractivity contribution in [3.05, 3.63) is 102 Å².